The van der Waals surface area contributed by atoms with Crippen molar-refractivity contribution < 1.29 is 4.79 Å². The largest absolute Gasteiger partial charge is 0.334 e. The summed E-state index contributed by atoms with van der Waals surface area (Å²) >= 11 is 0. The van der Waals surface area contributed by atoms with Crippen LogP contribution in [0.5, 0.6) is 0 Å². The first-order chi connectivity index (χ1) is 8.61. The lowest BCUT2D eigenvalue weighted by atomic mass is 9.92. The Labute approximate surface area is 118 Å². The molecule has 2 unspecified atom stereocenters. The smallest absolute Gasteiger partial charge is 0.255 e. The predicted molar refractivity (Wildman–Crippen MR) is 76.6 cm³/mol. The predicted octanol–water partition coefficient (Wildman–Crippen LogP) is 0.996. The van der Waals surface area contributed by atoms with Crippen molar-refractivity contribution in [1.82, 2.24) is 9.88 Å². The number of hydrogen-bond donors (Lipinski definition) is 2. The Bertz CT molecular complexity index is 469. The Kier molecular flexibility index (Phi) is 5.57. The SMILES string of the molecule is CC1CCN(C(=O)c2ccc(=O)[nH]c2)C(CN)C1.Cl. The molecule has 0 spiro atoms. The van der Waals surface area contributed by atoms with E-state index >= 15 is 0 Å². The van der Waals surface area contributed by atoms with Gasteiger partial charge in [0, 0.05) is 31.4 Å². The van der Waals surface area contributed by atoms with Crippen LogP contribution in [0.3, 0.4) is 0 Å². The molecular weight excluding hydrogens is 266 g/mol. The molecule has 1 aromatic heterocycles. The van der Waals surface area contributed by atoms with Crippen LogP contribution in [0.1, 0.15) is 30.1 Å². The van der Waals surface area contributed by atoms with E-state index in [4.69, 9.17) is 5.73 Å². The number of aromatic nitrogens is 1. The minimum atomic E-state index is -0.200. The molecule has 2 rings (SSSR count). The van der Waals surface area contributed by atoms with Gasteiger partial charge in [0.05, 0.1) is 5.56 Å². The molecule has 1 saturated heterocycles. The van der Waals surface area contributed by atoms with Crippen LogP contribution < -0.4 is 11.3 Å². The van der Waals surface area contributed by atoms with Crippen molar-refractivity contribution in [2.75, 3.05) is 13.1 Å². The van der Waals surface area contributed by atoms with Crippen molar-refractivity contribution in [1.29, 1.82) is 0 Å². The number of nitrogens with one attached hydrogen (secondary N) is 1. The van der Waals surface area contributed by atoms with Gasteiger partial charge < -0.3 is 15.6 Å². The molecule has 0 aromatic carbocycles. The van der Waals surface area contributed by atoms with E-state index in [9.17, 15) is 9.59 Å². The maximum atomic E-state index is 12.3. The van der Waals surface area contributed by atoms with E-state index < -0.39 is 0 Å². The summed E-state index contributed by atoms with van der Waals surface area (Å²) in [6.45, 7) is 3.41. The van der Waals surface area contributed by atoms with Gasteiger partial charge in [0.25, 0.3) is 5.91 Å². The van der Waals surface area contributed by atoms with Gasteiger partial charge in [0.15, 0.2) is 0 Å². The van der Waals surface area contributed by atoms with Gasteiger partial charge in [0.2, 0.25) is 5.56 Å². The number of nitrogens with zero attached hydrogens (tertiary/aromatic N) is 1. The third-order valence-electron chi connectivity index (χ3n) is 3.54. The topological polar surface area (TPSA) is 79.2 Å². The van der Waals surface area contributed by atoms with Crippen LogP contribution in [0.15, 0.2) is 23.1 Å². The zero-order valence-corrected chi connectivity index (χ0v) is 11.8. The number of pyridine rings is 1. The van der Waals surface area contributed by atoms with Gasteiger partial charge in [-0.25, -0.2) is 0 Å². The van der Waals surface area contributed by atoms with Gasteiger partial charge in [-0.3, -0.25) is 9.59 Å². The van der Waals surface area contributed by atoms with E-state index in [-0.39, 0.29) is 29.9 Å². The van der Waals surface area contributed by atoms with Crippen LogP contribution in [-0.2, 0) is 0 Å². The van der Waals surface area contributed by atoms with Gasteiger partial charge in [-0.15, -0.1) is 12.4 Å². The molecule has 0 saturated carbocycles. The first-order valence-electron chi connectivity index (χ1n) is 6.31. The van der Waals surface area contributed by atoms with E-state index in [0.29, 0.717) is 18.0 Å². The fraction of sp³-hybridized carbons (Fsp3) is 0.538. The summed E-state index contributed by atoms with van der Waals surface area (Å²) < 4.78 is 0. The Morgan fingerprint density at radius 1 is 1.53 bits per heavy atom. The average Bonchev–Trinajstić information content (AvgIpc) is 2.38. The number of aromatic amines is 1. The second-order valence-corrected chi connectivity index (χ2v) is 4.96. The number of likely N-dealkylation sites (tertiary alicyclic amines) is 1. The zero-order chi connectivity index (χ0) is 13.1. The molecule has 106 valence electrons. The molecule has 3 N–H and O–H groups in total. The van der Waals surface area contributed by atoms with Crippen LogP contribution in [-0.4, -0.2) is 34.9 Å². The summed E-state index contributed by atoms with van der Waals surface area (Å²) in [5.74, 6) is 0.562. The quantitative estimate of drug-likeness (QED) is 0.851. The van der Waals surface area contributed by atoms with E-state index in [1.807, 2.05) is 4.90 Å². The molecule has 2 atom stereocenters. The average molecular weight is 286 g/mol. The zero-order valence-electron chi connectivity index (χ0n) is 11.0. The lowest BCUT2D eigenvalue weighted by molar-refractivity contribution is 0.0573. The maximum absolute atomic E-state index is 12.3. The molecule has 1 aromatic rings. The van der Waals surface area contributed by atoms with Crippen LogP contribution in [0.2, 0.25) is 0 Å². The number of H-pyrrole nitrogens is 1. The molecule has 1 aliphatic heterocycles. The molecule has 6 heteroatoms. The highest BCUT2D eigenvalue weighted by molar-refractivity contribution is 5.94. The molecule has 1 amide bonds. The summed E-state index contributed by atoms with van der Waals surface area (Å²) in [7, 11) is 0. The summed E-state index contributed by atoms with van der Waals surface area (Å²) in [6, 6.07) is 3.04. The van der Waals surface area contributed by atoms with E-state index in [1.54, 1.807) is 6.07 Å². The fourth-order valence-electron chi connectivity index (χ4n) is 2.45. The van der Waals surface area contributed by atoms with Gasteiger partial charge in [-0.2, -0.15) is 0 Å². The number of halogens is 1. The number of hydrogen-bond acceptors (Lipinski definition) is 3. The van der Waals surface area contributed by atoms with Gasteiger partial charge in [0.1, 0.15) is 0 Å². The monoisotopic (exact) mass is 285 g/mol. The van der Waals surface area contributed by atoms with Gasteiger partial charge in [-0.1, -0.05) is 6.92 Å². The summed E-state index contributed by atoms with van der Waals surface area (Å²) in [5, 5.41) is 0. The molecule has 0 radical (unpaired) electrons. The number of nitrogens with two attached hydrogens (primary N) is 1. The van der Waals surface area contributed by atoms with Crippen molar-refractivity contribution >= 4 is 18.3 Å². The molecule has 1 aliphatic rings. The number of piperidine rings is 1. The molecule has 1 fully saturated rings. The number of amides is 1. The van der Waals surface area contributed by atoms with E-state index in [2.05, 4.69) is 11.9 Å². The minimum absolute atomic E-state index is 0. The summed E-state index contributed by atoms with van der Waals surface area (Å²) in [6.07, 6.45) is 3.42. The van der Waals surface area contributed by atoms with Gasteiger partial charge in [-0.05, 0) is 24.8 Å². The normalized spacial score (nSPS) is 22.7. The second kappa shape index (κ2) is 6.73. The number of carbonyl (C=O) groups excluding carboxylic acids is 1. The Balaban J connectivity index is 0.00000180. The van der Waals surface area contributed by atoms with Crippen LogP contribution in [0.4, 0.5) is 0 Å². The molecule has 5 nitrogen and oxygen atoms in total. The summed E-state index contributed by atoms with van der Waals surface area (Å²) in [4.78, 5) is 27.7. The first-order valence-corrected chi connectivity index (χ1v) is 6.31. The Hall–Kier alpha value is -1.33. The van der Waals surface area contributed by atoms with Gasteiger partial charge >= 0.3 is 0 Å². The lowest BCUT2D eigenvalue weighted by Crippen LogP contribution is -2.49. The third-order valence-corrected chi connectivity index (χ3v) is 3.54. The second-order valence-electron chi connectivity index (χ2n) is 4.96. The van der Waals surface area contributed by atoms with Crippen molar-refractivity contribution in [3.63, 3.8) is 0 Å². The molecule has 2 heterocycles. The molecule has 19 heavy (non-hydrogen) atoms. The lowest BCUT2D eigenvalue weighted by Gasteiger charge is -2.38. The number of rotatable bonds is 2. The van der Waals surface area contributed by atoms with Crippen molar-refractivity contribution in [2.45, 2.75) is 25.8 Å². The van der Waals surface area contributed by atoms with Crippen molar-refractivity contribution in [3.8, 4) is 0 Å². The van der Waals surface area contributed by atoms with Crippen LogP contribution >= 0.6 is 12.4 Å². The third kappa shape index (κ3) is 3.58. The molecule has 0 aliphatic carbocycles. The maximum Gasteiger partial charge on any atom is 0.255 e. The number of carbonyl (C=O) groups is 1. The first kappa shape index (κ1) is 15.7. The van der Waals surface area contributed by atoms with Crippen LogP contribution in [0.25, 0.3) is 0 Å². The standard InChI is InChI=1S/C13H19N3O2.ClH/c1-9-4-5-16(11(6-9)7-14)13(18)10-2-3-12(17)15-8-10;/h2-3,8-9,11H,4-7,14H2,1H3,(H,15,17);1H. The van der Waals surface area contributed by atoms with Crippen LogP contribution in [0, 0.1) is 5.92 Å². The molecule has 0 bridgehead atoms. The highest BCUT2D eigenvalue weighted by Crippen LogP contribution is 2.23. The Morgan fingerprint density at radius 3 is 2.84 bits per heavy atom. The summed E-state index contributed by atoms with van der Waals surface area (Å²) in [5.41, 5.74) is 6.06. The highest BCUT2D eigenvalue weighted by Gasteiger charge is 2.29. The molecular formula is C13H20ClN3O2. The van der Waals surface area contributed by atoms with E-state index in [1.165, 1.54) is 12.3 Å². The minimum Gasteiger partial charge on any atom is -0.334 e. The highest BCUT2D eigenvalue weighted by atomic mass is 35.5. The Morgan fingerprint density at radius 2 is 2.26 bits per heavy atom. The fourth-order valence-corrected chi connectivity index (χ4v) is 2.45. The van der Waals surface area contributed by atoms with Crippen molar-refractivity contribution in [3.05, 3.63) is 34.2 Å². The van der Waals surface area contributed by atoms with E-state index in [0.717, 1.165) is 19.4 Å². The van der Waals surface area contributed by atoms with Crippen molar-refractivity contribution in [2.24, 2.45) is 11.7 Å².